The summed E-state index contributed by atoms with van der Waals surface area (Å²) in [6.45, 7) is 6.22. The van der Waals surface area contributed by atoms with Crippen LogP contribution in [-0.2, 0) is 6.42 Å². The second-order valence-electron chi connectivity index (χ2n) is 4.32. The highest BCUT2D eigenvalue weighted by atomic mass is 14.8. The minimum Gasteiger partial charge on any atom is -0.388 e. The van der Waals surface area contributed by atoms with E-state index >= 15 is 0 Å². The topological polar surface area (TPSA) is 12.0 Å². The van der Waals surface area contributed by atoms with Crippen LogP contribution in [-0.4, -0.2) is 7.05 Å². The van der Waals surface area contributed by atoms with Gasteiger partial charge in [-0.3, -0.25) is 0 Å². The summed E-state index contributed by atoms with van der Waals surface area (Å²) in [5.41, 5.74) is 5.93. The van der Waals surface area contributed by atoms with E-state index in [-0.39, 0.29) is 0 Å². The Morgan fingerprint density at radius 1 is 1.06 bits per heavy atom. The average molecular weight is 237 g/mol. The first-order valence-electron chi connectivity index (χ1n) is 6.31. The Morgan fingerprint density at radius 2 is 1.72 bits per heavy atom. The van der Waals surface area contributed by atoms with Crippen molar-refractivity contribution in [1.29, 1.82) is 0 Å². The third kappa shape index (κ3) is 2.45. The van der Waals surface area contributed by atoms with Crippen LogP contribution in [0.2, 0.25) is 0 Å². The molecule has 1 nitrogen and oxygen atoms in total. The Balaban J connectivity index is 2.46. The lowest BCUT2D eigenvalue weighted by Gasteiger charge is -2.12. The second kappa shape index (κ2) is 5.54. The van der Waals surface area contributed by atoms with E-state index in [0.29, 0.717) is 0 Å². The Bertz CT molecular complexity index is 538. The van der Waals surface area contributed by atoms with Crippen molar-refractivity contribution in [2.75, 3.05) is 7.05 Å². The summed E-state index contributed by atoms with van der Waals surface area (Å²) in [6, 6.07) is 17.1. The Labute approximate surface area is 109 Å². The van der Waals surface area contributed by atoms with Crippen LogP contribution in [0, 0.1) is 0 Å². The average Bonchev–Trinajstić information content (AvgIpc) is 2.46. The number of benzene rings is 2. The highest BCUT2D eigenvalue weighted by Crippen LogP contribution is 2.27. The molecule has 0 saturated carbocycles. The number of nitrogens with one attached hydrogen (secondary N) is 1. The molecular formula is C17H19N. The SMILES string of the molecule is C=C(NC)c1ccccc1-c1ccc(CC)cc1. The van der Waals surface area contributed by atoms with E-state index in [0.717, 1.165) is 17.7 Å². The van der Waals surface area contributed by atoms with Gasteiger partial charge in [-0.25, -0.2) is 0 Å². The van der Waals surface area contributed by atoms with Gasteiger partial charge in [0.15, 0.2) is 0 Å². The van der Waals surface area contributed by atoms with Crippen LogP contribution < -0.4 is 5.32 Å². The van der Waals surface area contributed by atoms with Gasteiger partial charge in [0.05, 0.1) is 0 Å². The van der Waals surface area contributed by atoms with Crippen LogP contribution in [0.4, 0.5) is 0 Å². The fraction of sp³-hybridized carbons (Fsp3) is 0.176. The van der Waals surface area contributed by atoms with E-state index in [9.17, 15) is 0 Å². The van der Waals surface area contributed by atoms with Crippen molar-refractivity contribution < 1.29 is 0 Å². The van der Waals surface area contributed by atoms with Gasteiger partial charge in [-0.1, -0.05) is 62.0 Å². The summed E-state index contributed by atoms with van der Waals surface area (Å²) in [7, 11) is 1.90. The van der Waals surface area contributed by atoms with E-state index in [1.54, 1.807) is 0 Å². The highest BCUT2D eigenvalue weighted by molar-refractivity contribution is 5.79. The summed E-state index contributed by atoms with van der Waals surface area (Å²) in [6.07, 6.45) is 1.07. The first-order valence-corrected chi connectivity index (χ1v) is 6.31. The van der Waals surface area contributed by atoms with E-state index in [1.807, 2.05) is 13.1 Å². The minimum absolute atomic E-state index is 0.949. The quantitative estimate of drug-likeness (QED) is 0.844. The number of hydrogen-bond donors (Lipinski definition) is 1. The Kier molecular flexibility index (Phi) is 3.83. The van der Waals surface area contributed by atoms with Gasteiger partial charge >= 0.3 is 0 Å². The van der Waals surface area contributed by atoms with Gasteiger partial charge in [0.1, 0.15) is 0 Å². The van der Waals surface area contributed by atoms with Gasteiger partial charge < -0.3 is 5.32 Å². The lowest BCUT2D eigenvalue weighted by atomic mass is 9.97. The zero-order valence-corrected chi connectivity index (χ0v) is 11.0. The van der Waals surface area contributed by atoms with Crippen LogP contribution >= 0.6 is 0 Å². The van der Waals surface area contributed by atoms with Crippen LogP contribution in [0.15, 0.2) is 55.1 Å². The summed E-state index contributed by atoms with van der Waals surface area (Å²) in [5.74, 6) is 0. The third-order valence-corrected chi connectivity index (χ3v) is 3.23. The summed E-state index contributed by atoms with van der Waals surface area (Å²) < 4.78 is 0. The molecule has 0 saturated heterocycles. The monoisotopic (exact) mass is 237 g/mol. The molecule has 0 amide bonds. The predicted octanol–water partition coefficient (Wildman–Crippen LogP) is 4.11. The maximum atomic E-state index is 4.05. The molecule has 0 bridgehead atoms. The molecule has 0 aliphatic heterocycles. The summed E-state index contributed by atoms with van der Waals surface area (Å²) in [5, 5.41) is 3.12. The van der Waals surface area contributed by atoms with E-state index in [4.69, 9.17) is 0 Å². The molecule has 2 rings (SSSR count). The molecule has 0 aliphatic rings. The smallest absolute Gasteiger partial charge is 0.0344 e. The zero-order chi connectivity index (χ0) is 13.0. The molecule has 0 heterocycles. The van der Waals surface area contributed by atoms with Crippen LogP contribution in [0.3, 0.4) is 0 Å². The van der Waals surface area contributed by atoms with Gasteiger partial charge in [-0.2, -0.15) is 0 Å². The van der Waals surface area contributed by atoms with Crippen molar-refractivity contribution in [2.45, 2.75) is 13.3 Å². The molecule has 2 aromatic carbocycles. The standard InChI is InChI=1S/C17H19N/c1-4-14-9-11-15(12-10-14)17-8-6-5-7-16(17)13(2)18-3/h5-12,18H,2,4H2,1,3H3. The molecule has 0 aliphatic carbocycles. The first-order chi connectivity index (χ1) is 8.76. The Morgan fingerprint density at radius 3 is 2.33 bits per heavy atom. The van der Waals surface area contributed by atoms with Gasteiger partial charge in [0.25, 0.3) is 0 Å². The zero-order valence-electron chi connectivity index (χ0n) is 11.0. The van der Waals surface area contributed by atoms with E-state index in [1.165, 1.54) is 16.7 Å². The lowest BCUT2D eigenvalue weighted by Crippen LogP contribution is -2.04. The maximum absolute atomic E-state index is 4.05. The van der Waals surface area contributed by atoms with Gasteiger partial charge in [-0.05, 0) is 23.1 Å². The highest BCUT2D eigenvalue weighted by Gasteiger charge is 2.06. The van der Waals surface area contributed by atoms with E-state index < -0.39 is 0 Å². The molecular weight excluding hydrogens is 218 g/mol. The van der Waals surface area contributed by atoms with Gasteiger partial charge in [-0.15, -0.1) is 0 Å². The molecule has 92 valence electrons. The molecule has 0 radical (unpaired) electrons. The molecule has 18 heavy (non-hydrogen) atoms. The van der Waals surface area contributed by atoms with Gasteiger partial charge in [0, 0.05) is 18.3 Å². The van der Waals surface area contributed by atoms with Crippen molar-refractivity contribution in [3.63, 3.8) is 0 Å². The van der Waals surface area contributed by atoms with Crippen molar-refractivity contribution in [1.82, 2.24) is 5.32 Å². The molecule has 0 fully saturated rings. The van der Waals surface area contributed by atoms with Gasteiger partial charge in [0.2, 0.25) is 0 Å². The first kappa shape index (κ1) is 12.4. The fourth-order valence-electron chi connectivity index (χ4n) is 2.05. The molecule has 2 aromatic rings. The molecule has 0 aromatic heterocycles. The van der Waals surface area contributed by atoms with Crippen LogP contribution in [0.1, 0.15) is 18.1 Å². The number of rotatable bonds is 4. The molecule has 1 heteroatoms. The lowest BCUT2D eigenvalue weighted by molar-refractivity contribution is 1.13. The molecule has 0 atom stereocenters. The normalized spacial score (nSPS) is 10.1. The summed E-state index contributed by atoms with van der Waals surface area (Å²) >= 11 is 0. The largest absolute Gasteiger partial charge is 0.388 e. The molecule has 0 spiro atoms. The third-order valence-electron chi connectivity index (χ3n) is 3.23. The summed E-state index contributed by atoms with van der Waals surface area (Å²) in [4.78, 5) is 0. The second-order valence-corrected chi connectivity index (χ2v) is 4.32. The van der Waals surface area contributed by atoms with Crippen LogP contribution in [0.5, 0.6) is 0 Å². The molecule has 0 unspecified atom stereocenters. The minimum atomic E-state index is 0.949. The Hall–Kier alpha value is -2.02. The fourth-order valence-corrected chi connectivity index (χ4v) is 2.05. The van der Waals surface area contributed by atoms with Crippen molar-refractivity contribution in [3.05, 3.63) is 66.2 Å². The van der Waals surface area contributed by atoms with E-state index in [2.05, 4.69) is 61.3 Å². The number of aryl methyl sites for hydroxylation is 1. The van der Waals surface area contributed by atoms with Crippen LogP contribution in [0.25, 0.3) is 16.8 Å². The molecule has 1 N–H and O–H groups in total. The van der Waals surface area contributed by atoms with Crippen molar-refractivity contribution in [2.24, 2.45) is 0 Å². The van der Waals surface area contributed by atoms with Crippen molar-refractivity contribution in [3.8, 4) is 11.1 Å². The van der Waals surface area contributed by atoms with Crippen molar-refractivity contribution >= 4 is 5.70 Å². The number of hydrogen-bond acceptors (Lipinski definition) is 1. The maximum Gasteiger partial charge on any atom is 0.0344 e. The predicted molar refractivity (Wildman–Crippen MR) is 79.3 cm³/mol.